The lowest BCUT2D eigenvalue weighted by Crippen LogP contribution is -2.36. The Hall–Kier alpha value is -3.32. The van der Waals surface area contributed by atoms with Gasteiger partial charge in [-0.1, -0.05) is 36.4 Å². The first-order valence-corrected chi connectivity index (χ1v) is 12.1. The third kappa shape index (κ3) is 3.15. The van der Waals surface area contributed by atoms with E-state index in [0.717, 1.165) is 23.2 Å². The maximum Gasteiger partial charge on any atom is 0.264 e. The number of hydrogen-bond donors (Lipinski definition) is 0. The van der Waals surface area contributed by atoms with Gasteiger partial charge in [0.1, 0.15) is 5.75 Å². The summed E-state index contributed by atoms with van der Waals surface area (Å²) < 4.78 is 33.9. The van der Waals surface area contributed by atoms with Crippen LogP contribution in [0, 0.1) is 0 Å². The van der Waals surface area contributed by atoms with Crippen LogP contribution in [0.25, 0.3) is 0 Å². The molecule has 0 N–H and O–H groups in total. The predicted molar refractivity (Wildman–Crippen MR) is 124 cm³/mol. The fraction of sp³-hybridized carbons (Fsp3) is 0.240. The topological polar surface area (TPSA) is 66.9 Å². The minimum absolute atomic E-state index is 0.0321. The van der Waals surface area contributed by atoms with Crippen LogP contribution >= 0.6 is 0 Å². The first-order chi connectivity index (χ1) is 15.4. The van der Waals surface area contributed by atoms with Gasteiger partial charge in [0.15, 0.2) is 0 Å². The van der Waals surface area contributed by atoms with Crippen molar-refractivity contribution in [2.24, 2.45) is 0 Å². The normalized spacial score (nSPS) is 17.2. The number of nitrogens with zero attached hydrogens (tertiary/aromatic N) is 2. The molecule has 164 valence electrons. The largest absolute Gasteiger partial charge is 0.496 e. The molecule has 2 aliphatic heterocycles. The standard InChI is InChI=1S/C25H24N2O4S/c1-17-15-19-8-4-6-10-23(19)27(17)25(28)21-16-20(11-12-24(21)31-2)32(29,30)26-14-13-18-7-3-5-9-22(18)26/h3-12,16-17H,13-15H2,1-2H3. The van der Waals surface area contributed by atoms with Gasteiger partial charge in [0, 0.05) is 18.3 Å². The number of benzene rings is 3. The summed E-state index contributed by atoms with van der Waals surface area (Å²) in [4.78, 5) is 15.4. The highest BCUT2D eigenvalue weighted by atomic mass is 32.2. The van der Waals surface area contributed by atoms with Crippen molar-refractivity contribution in [2.75, 3.05) is 22.9 Å². The molecule has 0 spiro atoms. The van der Waals surface area contributed by atoms with E-state index in [1.165, 1.54) is 23.5 Å². The van der Waals surface area contributed by atoms with Crippen LogP contribution < -0.4 is 13.9 Å². The number of hydrogen-bond acceptors (Lipinski definition) is 4. The van der Waals surface area contributed by atoms with Gasteiger partial charge in [0.25, 0.3) is 15.9 Å². The van der Waals surface area contributed by atoms with Crippen LogP contribution in [0.5, 0.6) is 5.75 Å². The Morgan fingerprint density at radius 1 is 0.969 bits per heavy atom. The van der Waals surface area contributed by atoms with Gasteiger partial charge >= 0.3 is 0 Å². The number of sulfonamides is 1. The second-order valence-corrected chi connectivity index (χ2v) is 10.0. The number of ether oxygens (including phenoxy) is 1. The molecule has 1 atom stereocenters. The van der Waals surface area contributed by atoms with Crippen LogP contribution in [-0.4, -0.2) is 34.0 Å². The lowest BCUT2D eigenvalue weighted by atomic mass is 10.1. The smallest absolute Gasteiger partial charge is 0.264 e. The zero-order valence-electron chi connectivity index (χ0n) is 18.0. The summed E-state index contributed by atoms with van der Waals surface area (Å²) >= 11 is 0. The van der Waals surface area contributed by atoms with Crippen molar-refractivity contribution < 1.29 is 17.9 Å². The van der Waals surface area contributed by atoms with E-state index in [9.17, 15) is 13.2 Å². The summed E-state index contributed by atoms with van der Waals surface area (Å²) in [7, 11) is -2.34. The van der Waals surface area contributed by atoms with Crippen LogP contribution in [0.15, 0.2) is 71.6 Å². The third-order valence-electron chi connectivity index (χ3n) is 6.26. The van der Waals surface area contributed by atoms with Gasteiger partial charge in [-0.3, -0.25) is 9.10 Å². The molecule has 6 nitrogen and oxygen atoms in total. The van der Waals surface area contributed by atoms with Gasteiger partial charge in [0.05, 0.1) is 23.3 Å². The Morgan fingerprint density at radius 2 is 1.66 bits per heavy atom. The molecule has 1 unspecified atom stereocenters. The molecule has 0 fully saturated rings. The van der Waals surface area contributed by atoms with Crippen LogP contribution in [-0.2, 0) is 22.9 Å². The van der Waals surface area contributed by atoms with Gasteiger partial charge in [-0.05, 0) is 61.2 Å². The molecule has 7 heteroatoms. The van der Waals surface area contributed by atoms with Crippen molar-refractivity contribution in [3.8, 4) is 5.75 Å². The number of anilines is 2. The summed E-state index contributed by atoms with van der Waals surface area (Å²) in [6.07, 6.45) is 1.42. The first kappa shape index (κ1) is 20.6. The van der Waals surface area contributed by atoms with Gasteiger partial charge < -0.3 is 9.64 Å². The zero-order valence-corrected chi connectivity index (χ0v) is 18.8. The van der Waals surface area contributed by atoms with E-state index in [2.05, 4.69) is 0 Å². The lowest BCUT2D eigenvalue weighted by Gasteiger charge is -2.25. The molecule has 0 saturated carbocycles. The average molecular weight is 449 g/mol. The van der Waals surface area contributed by atoms with E-state index in [1.807, 2.05) is 55.5 Å². The summed E-state index contributed by atoms with van der Waals surface area (Å²) in [6, 6.07) is 19.8. The molecule has 0 saturated heterocycles. The molecule has 1 amide bonds. The summed E-state index contributed by atoms with van der Waals surface area (Å²) in [5, 5.41) is 0. The van der Waals surface area contributed by atoms with E-state index in [1.54, 1.807) is 11.0 Å². The minimum Gasteiger partial charge on any atom is -0.496 e. The molecule has 0 aromatic heterocycles. The number of fused-ring (bicyclic) bond motifs is 2. The Bertz CT molecular complexity index is 1320. The summed E-state index contributed by atoms with van der Waals surface area (Å²) in [6.45, 7) is 2.37. The van der Waals surface area contributed by atoms with Crippen LogP contribution in [0.2, 0.25) is 0 Å². The van der Waals surface area contributed by atoms with E-state index < -0.39 is 10.0 Å². The molecular formula is C25H24N2O4S. The number of para-hydroxylation sites is 2. The van der Waals surface area contributed by atoms with Crippen LogP contribution in [0.3, 0.4) is 0 Å². The molecule has 0 aliphatic carbocycles. The van der Waals surface area contributed by atoms with E-state index in [-0.39, 0.29) is 22.4 Å². The zero-order chi connectivity index (χ0) is 22.5. The second-order valence-electron chi connectivity index (χ2n) is 8.17. The molecule has 5 rings (SSSR count). The predicted octanol–water partition coefficient (Wildman–Crippen LogP) is 4.04. The third-order valence-corrected chi connectivity index (χ3v) is 8.07. The van der Waals surface area contributed by atoms with E-state index in [0.29, 0.717) is 24.4 Å². The fourth-order valence-corrected chi connectivity index (χ4v) is 6.23. The molecule has 3 aromatic carbocycles. The molecule has 2 heterocycles. The number of rotatable bonds is 4. The van der Waals surface area contributed by atoms with Gasteiger partial charge in [0.2, 0.25) is 0 Å². The minimum atomic E-state index is -3.82. The summed E-state index contributed by atoms with van der Waals surface area (Å²) in [5.74, 6) is 0.0884. The number of carbonyl (C=O) groups is 1. The molecule has 32 heavy (non-hydrogen) atoms. The van der Waals surface area contributed by atoms with Gasteiger partial charge in [-0.25, -0.2) is 8.42 Å². The molecule has 2 aliphatic rings. The lowest BCUT2D eigenvalue weighted by molar-refractivity contribution is 0.0978. The van der Waals surface area contributed by atoms with E-state index in [4.69, 9.17) is 4.74 Å². The Labute approximate surface area is 188 Å². The quantitative estimate of drug-likeness (QED) is 0.604. The van der Waals surface area contributed by atoms with Crippen molar-refractivity contribution >= 4 is 27.3 Å². The fourth-order valence-electron chi connectivity index (χ4n) is 4.70. The molecule has 3 aromatic rings. The van der Waals surface area contributed by atoms with E-state index >= 15 is 0 Å². The maximum atomic E-state index is 13.6. The van der Waals surface area contributed by atoms with Crippen molar-refractivity contribution in [3.05, 3.63) is 83.4 Å². The number of methoxy groups -OCH3 is 1. The molecular weight excluding hydrogens is 424 g/mol. The highest BCUT2D eigenvalue weighted by molar-refractivity contribution is 7.92. The SMILES string of the molecule is COc1ccc(S(=O)(=O)N2CCc3ccccc32)cc1C(=O)N1c2ccccc2CC1C. The number of amides is 1. The van der Waals surface area contributed by atoms with Crippen molar-refractivity contribution in [1.29, 1.82) is 0 Å². The van der Waals surface area contributed by atoms with Gasteiger partial charge in [-0.15, -0.1) is 0 Å². The summed E-state index contributed by atoms with van der Waals surface area (Å²) in [5.41, 5.74) is 3.89. The van der Waals surface area contributed by atoms with Gasteiger partial charge in [-0.2, -0.15) is 0 Å². The van der Waals surface area contributed by atoms with Crippen LogP contribution in [0.4, 0.5) is 11.4 Å². The Balaban J connectivity index is 1.56. The highest BCUT2D eigenvalue weighted by Gasteiger charge is 2.35. The van der Waals surface area contributed by atoms with Crippen LogP contribution in [0.1, 0.15) is 28.4 Å². The van der Waals surface area contributed by atoms with Crippen molar-refractivity contribution in [3.63, 3.8) is 0 Å². The Kier molecular flexibility index (Phi) is 4.93. The van der Waals surface area contributed by atoms with Crippen molar-refractivity contribution in [1.82, 2.24) is 0 Å². The number of carbonyl (C=O) groups excluding carboxylic acids is 1. The maximum absolute atomic E-state index is 13.6. The second kappa shape index (κ2) is 7.67. The monoisotopic (exact) mass is 448 g/mol. The van der Waals surface area contributed by atoms with Crippen molar-refractivity contribution in [2.45, 2.75) is 30.7 Å². The Morgan fingerprint density at radius 3 is 2.41 bits per heavy atom. The first-order valence-electron chi connectivity index (χ1n) is 10.6. The molecule has 0 bridgehead atoms. The average Bonchev–Trinajstić information content (AvgIpc) is 3.39. The molecule has 0 radical (unpaired) electrons. The highest BCUT2D eigenvalue weighted by Crippen LogP contribution is 2.37.